The van der Waals surface area contributed by atoms with E-state index in [1.54, 1.807) is 29.2 Å². The highest BCUT2D eigenvalue weighted by molar-refractivity contribution is 5.99. The first-order chi connectivity index (χ1) is 15.5. The van der Waals surface area contributed by atoms with Crippen LogP contribution < -0.4 is 5.43 Å². The van der Waals surface area contributed by atoms with Crippen molar-refractivity contribution in [2.45, 2.75) is 19.4 Å². The van der Waals surface area contributed by atoms with Crippen molar-refractivity contribution in [2.24, 2.45) is 0 Å². The van der Waals surface area contributed by atoms with E-state index < -0.39 is 6.04 Å². The zero-order chi connectivity index (χ0) is 22.2. The Morgan fingerprint density at radius 2 is 1.78 bits per heavy atom. The lowest BCUT2D eigenvalue weighted by atomic mass is 9.98. The van der Waals surface area contributed by atoms with Gasteiger partial charge in [0.2, 0.25) is 5.76 Å². The Kier molecular flexibility index (Phi) is 5.53. The normalized spacial score (nSPS) is 19.0. The lowest BCUT2D eigenvalue weighted by molar-refractivity contribution is 0.0353. The Hall–Kier alpha value is -3.03. The van der Waals surface area contributed by atoms with Gasteiger partial charge in [-0.2, -0.15) is 0 Å². The maximum Gasteiger partial charge on any atom is 0.290 e. The van der Waals surface area contributed by atoms with Crippen LogP contribution in [0.1, 0.15) is 39.7 Å². The fourth-order valence-corrected chi connectivity index (χ4v) is 4.65. The summed E-state index contributed by atoms with van der Waals surface area (Å²) in [4.78, 5) is 30.9. The van der Waals surface area contributed by atoms with Gasteiger partial charge < -0.3 is 14.1 Å². The van der Waals surface area contributed by atoms with Gasteiger partial charge in [0.15, 0.2) is 5.43 Å². The molecule has 0 N–H and O–H groups in total. The predicted octanol–water partition coefficient (Wildman–Crippen LogP) is 3.51. The van der Waals surface area contributed by atoms with E-state index >= 15 is 0 Å². The number of hydrogen-bond donors (Lipinski definition) is 0. The largest absolute Gasteiger partial charge is 0.450 e. The molecule has 1 saturated heterocycles. The predicted molar refractivity (Wildman–Crippen MR) is 118 cm³/mol. The van der Waals surface area contributed by atoms with Crippen LogP contribution in [0.15, 0.2) is 51.7 Å². The number of amides is 1. The molecule has 1 aromatic heterocycles. The zero-order valence-electron chi connectivity index (χ0n) is 18.0. The molecule has 7 heteroatoms. The van der Waals surface area contributed by atoms with E-state index in [2.05, 4.69) is 4.90 Å². The number of fused-ring (bicyclic) bond motifs is 2. The summed E-state index contributed by atoms with van der Waals surface area (Å²) in [7, 11) is 0. The number of rotatable bonds is 5. The third kappa shape index (κ3) is 3.72. The molecule has 1 atom stereocenters. The molecule has 0 bridgehead atoms. The SMILES string of the molecule is Cc1ccc2oc3c(c(=O)c2c1)C(c1ccc(F)cc1)N(CCCN1CCOCC1)C3=O. The molecule has 2 aromatic carbocycles. The Morgan fingerprint density at radius 3 is 2.53 bits per heavy atom. The smallest absolute Gasteiger partial charge is 0.290 e. The second kappa shape index (κ2) is 8.48. The van der Waals surface area contributed by atoms with Crippen molar-refractivity contribution in [3.8, 4) is 0 Å². The highest BCUT2D eigenvalue weighted by Crippen LogP contribution is 2.38. The monoisotopic (exact) mass is 436 g/mol. The van der Waals surface area contributed by atoms with Gasteiger partial charge in [0.05, 0.1) is 30.2 Å². The van der Waals surface area contributed by atoms with E-state index in [4.69, 9.17) is 9.15 Å². The number of aryl methyl sites for hydroxylation is 1. The summed E-state index contributed by atoms with van der Waals surface area (Å²) in [5.74, 6) is -0.568. The Balaban J connectivity index is 1.53. The molecule has 5 rings (SSSR count). The van der Waals surface area contributed by atoms with Gasteiger partial charge >= 0.3 is 0 Å². The number of carbonyl (C=O) groups excluding carboxylic acids is 1. The van der Waals surface area contributed by atoms with Crippen LogP contribution in [0.4, 0.5) is 4.39 Å². The van der Waals surface area contributed by atoms with E-state index in [1.165, 1.54) is 12.1 Å². The molecule has 3 aromatic rings. The van der Waals surface area contributed by atoms with Crippen LogP contribution in [-0.4, -0.2) is 55.1 Å². The first-order valence-electron chi connectivity index (χ1n) is 11.0. The maximum atomic E-state index is 13.6. The molecule has 0 saturated carbocycles. The minimum absolute atomic E-state index is 0.0899. The van der Waals surface area contributed by atoms with E-state index in [1.807, 2.05) is 13.0 Å². The quantitative estimate of drug-likeness (QED) is 0.613. The summed E-state index contributed by atoms with van der Waals surface area (Å²) in [6.45, 7) is 6.40. The van der Waals surface area contributed by atoms with Crippen molar-refractivity contribution in [2.75, 3.05) is 39.4 Å². The zero-order valence-corrected chi connectivity index (χ0v) is 18.0. The van der Waals surface area contributed by atoms with Crippen molar-refractivity contribution in [1.29, 1.82) is 0 Å². The van der Waals surface area contributed by atoms with Crippen molar-refractivity contribution >= 4 is 16.9 Å². The summed E-state index contributed by atoms with van der Waals surface area (Å²) in [6.07, 6.45) is 0.754. The van der Waals surface area contributed by atoms with E-state index in [0.717, 1.165) is 44.8 Å². The first kappa shape index (κ1) is 20.8. The van der Waals surface area contributed by atoms with Crippen molar-refractivity contribution in [3.63, 3.8) is 0 Å². The topological polar surface area (TPSA) is 63.0 Å². The second-order valence-corrected chi connectivity index (χ2v) is 8.43. The van der Waals surface area contributed by atoms with Crippen LogP contribution in [0, 0.1) is 12.7 Å². The molecule has 2 aliphatic heterocycles. The van der Waals surface area contributed by atoms with Crippen molar-refractivity contribution in [1.82, 2.24) is 9.80 Å². The van der Waals surface area contributed by atoms with Gasteiger partial charge in [0.1, 0.15) is 11.4 Å². The lowest BCUT2D eigenvalue weighted by Gasteiger charge is -2.29. The molecule has 2 aliphatic rings. The number of benzene rings is 2. The molecule has 1 amide bonds. The average molecular weight is 436 g/mol. The van der Waals surface area contributed by atoms with E-state index in [9.17, 15) is 14.0 Å². The molecular weight excluding hydrogens is 411 g/mol. The van der Waals surface area contributed by atoms with Crippen LogP contribution in [0.2, 0.25) is 0 Å². The summed E-state index contributed by atoms with van der Waals surface area (Å²) >= 11 is 0. The number of ether oxygens (including phenoxy) is 1. The average Bonchev–Trinajstić information content (AvgIpc) is 3.08. The minimum atomic E-state index is -0.594. The van der Waals surface area contributed by atoms with Gasteiger partial charge in [0.25, 0.3) is 5.91 Å². The minimum Gasteiger partial charge on any atom is -0.450 e. The highest BCUT2D eigenvalue weighted by Gasteiger charge is 2.42. The molecule has 0 radical (unpaired) electrons. The fraction of sp³-hybridized carbons (Fsp3) is 0.360. The molecule has 32 heavy (non-hydrogen) atoms. The van der Waals surface area contributed by atoms with Crippen LogP contribution in [-0.2, 0) is 4.74 Å². The van der Waals surface area contributed by atoms with Gasteiger partial charge in [-0.1, -0.05) is 23.8 Å². The van der Waals surface area contributed by atoms with Gasteiger partial charge in [0, 0.05) is 26.2 Å². The molecule has 1 fully saturated rings. The molecule has 3 heterocycles. The third-order valence-corrected chi connectivity index (χ3v) is 6.28. The van der Waals surface area contributed by atoms with E-state index in [0.29, 0.717) is 28.6 Å². The van der Waals surface area contributed by atoms with Crippen LogP contribution in [0.5, 0.6) is 0 Å². The summed E-state index contributed by atoms with van der Waals surface area (Å²) < 4.78 is 25.0. The van der Waals surface area contributed by atoms with Gasteiger partial charge in [-0.15, -0.1) is 0 Å². The molecule has 166 valence electrons. The number of carbonyl (C=O) groups is 1. The summed E-state index contributed by atoms with van der Waals surface area (Å²) in [5.41, 5.74) is 2.18. The molecule has 6 nitrogen and oxygen atoms in total. The number of halogens is 1. The maximum absolute atomic E-state index is 13.6. The second-order valence-electron chi connectivity index (χ2n) is 8.43. The Labute approximate surface area is 185 Å². The summed E-state index contributed by atoms with van der Waals surface area (Å²) in [5, 5.41) is 0.457. The van der Waals surface area contributed by atoms with E-state index in [-0.39, 0.29) is 22.9 Å². The van der Waals surface area contributed by atoms with Gasteiger partial charge in [-0.05, 0) is 43.2 Å². The van der Waals surface area contributed by atoms with Gasteiger partial charge in [-0.3, -0.25) is 14.5 Å². The number of nitrogens with zero attached hydrogens (tertiary/aromatic N) is 2. The highest BCUT2D eigenvalue weighted by atomic mass is 19.1. The summed E-state index contributed by atoms with van der Waals surface area (Å²) in [6, 6.07) is 10.8. The molecular formula is C25H25FN2O4. The standard InChI is InChI=1S/C25H25FN2O4/c1-16-3-8-20-19(15-16)23(29)21-22(17-4-6-18(26)7-5-17)28(25(30)24(21)32-20)10-2-9-27-11-13-31-14-12-27/h3-8,15,22H,2,9-14H2,1H3. The van der Waals surface area contributed by atoms with Crippen molar-refractivity contribution in [3.05, 3.63) is 81.0 Å². The Bertz CT molecular complexity index is 1220. The Morgan fingerprint density at radius 1 is 1.03 bits per heavy atom. The first-order valence-corrected chi connectivity index (χ1v) is 11.0. The molecule has 0 aliphatic carbocycles. The van der Waals surface area contributed by atoms with Crippen LogP contribution >= 0.6 is 0 Å². The van der Waals surface area contributed by atoms with Gasteiger partial charge in [-0.25, -0.2) is 4.39 Å². The molecule has 0 spiro atoms. The van der Waals surface area contributed by atoms with Crippen molar-refractivity contribution < 1.29 is 18.3 Å². The number of morpholine rings is 1. The molecule has 1 unspecified atom stereocenters. The lowest BCUT2D eigenvalue weighted by Crippen LogP contribution is -2.38. The fourth-order valence-electron chi connectivity index (χ4n) is 4.65. The third-order valence-electron chi connectivity index (χ3n) is 6.28. The van der Waals surface area contributed by atoms with Crippen LogP contribution in [0.3, 0.4) is 0 Å². The van der Waals surface area contributed by atoms with Crippen LogP contribution in [0.25, 0.3) is 11.0 Å². The number of hydrogen-bond acceptors (Lipinski definition) is 5.